The lowest BCUT2D eigenvalue weighted by atomic mass is 10.0. The molecule has 0 spiro atoms. The van der Waals surface area contributed by atoms with Crippen LogP contribution in [0.1, 0.15) is 16.2 Å². The van der Waals surface area contributed by atoms with Crippen molar-refractivity contribution >= 4 is 53.8 Å². The zero-order valence-corrected chi connectivity index (χ0v) is 26.2. The van der Waals surface area contributed by atoms with Crippen molar-refractivity contribution in [2.75, 3.05) is 12.5 Å². The number of carbonyl (C=O) groups excluding carboxylic acids is 1. The molecule has 0 unspecified atom stereocenters. The maximum Gasteiger partial charge on any atom is 0.176 e. The number of para-hydroxylation sites is 2. The summed E-state index contributed by atoms with van der Waals surface area (Å²) in [5.41, 5.74) is 2.63. The van der Waals surface area contributed by atoms with E-state index in [4.69, 9.17) is 0 Å². The van der Waals surface area contributed by atoms with E-state index in [2.05, 4.69) is 16.5 Å². The SMILES string of the molecule is C=Cc1nc2c(F)cccc2cc1-c1ccccc1S(C)(=O)=O.CS(=O)(=O)c1ccccc1-c1cc2cccc(F)c2nc1C=O. The average molecular weight is 657 g/mol. The molecule has 0 radical (unpaired) electrons. The van der Waals surface area contributed by atoms with Gasteiger partial charge >= 0.3 is 0 Å². The van der Waals surface area contributed by atoms with Crippen molar-refractivity contribution in [1.82, 2.24) is 9.97 Å². The molecule has 0 aliphatic heterocycles. The summed E-state index contributed by atoms with van der Waals surface area (Å²) in [6.45, 7) is 3.71. The van der Waals surface area contributed by atoms with Crippen LogP contribution in [0, 0.1) is 11.6 Å². The van der Waals surface area contributed by atoms with Crippen LogP contribution in [0.3, 0.4) is 0 Å². The van der Waals surface area contributed by atoms with Gasteiger partial charge in [-0.3, -0.25) is 4.79 Å². The van der Waals surface area contributed by atoms with Gasteiger partial charge in [-0.25, -0.2) is 35.6 Å². The van der Waals surface area contributed by atoms with Gasteiger partial charge in [0.05, 0.1) is 15.5 Å². The van der Waals surface area contributed by atoms with Crippen LogP contribution in [0.2, 0.25) is 0 Å². The summed E-state index contributed by atoms with van der Waals surface area (Å²) in [6, 6.07) is 25.5. The lowest BCUT2D eigenvalue weighted by Gasteiger charge is -2.12. The number of hydrogen-bond acceptors (Lipinski definition) is 7. The number of carbonyl (C=O) groups is 1. The Morgan fingerprint density at radius 3 is 1.41 bits per heavy atom. The normalized spacial score (nSPS) is 11.6. The van der Waals surface area contributed by atoms with Gasteiger partial charge in [0.2, 0.25) is 0 Å². The molecule has 0 N–H and O–H groups in total. The van der Waals surface area contributed by atoms with Crippen LogP contribution in [0.25, 0.3) is 50.1 Å². The molecule has 0 fully saturated rings. The summed E-state index contributed by atoms with van der Waals surface area (Å²) in [5.74, 6) is -0.956. The second-order valence-corrected chi connectivity index (χ2v) is 14.3. The van der Waals surface area contributed by atoms with Gasteiger partial charge in [-0.05, 0) is 42.5 Å². The molecule has 11 heteroatoms. The molecular formula is C35H26F2N2O5S2. The fourth-order valence-corrected chi connectivity index (χ4v) is 6.86. The first-order chi connectivity index (χ1) is 21.8. The zero-order valence-electron chi connectivity index (χ0n) is 24.6. The molecule has 2 aromatic heterocycles. The van der Waals surface area contributed by atoms with Crippen LogP contribution >= 0.6 is 0 Å². The summed E-state index contributed by atoms with van der Waals surface area (Å²) < 4.78 is 75.8. The highest BCUT2D eigenvalue weighted by Gasteiger charge is 2.19. The Bertz CT molecular complexity index is 2220. The Kier molecular flexibility index (Phi) is 8.91. The molecule has 46 heavy (non-hydrogen) atoms. The average Bonchev–Trinajstić information content (AvgIpc) is 3.03. The van der Waals surface area contributed by atoms with E-state index >= 15 is 0 Å². The maximum absolute atomic E-state index is 13.9. The number of nitrogens with zero attached hydrogens (tertiary/aromatic N) is 2. The van der Waals surface area contributed by atoms with Gasteiger partial charge in [0, 0.05) is 45.5 Å². The van der Waals surface area contributed by atoms with E-state index in [-0.39, 0.29) is 26.5 Å². The maximum atomic E-state index is 13.9. The number of halogens is 2. The van der Waals surface area contributed by atoms with Crippen LogP contribution in [0.15, 0.2) is 113 Å². The van der Waals surface area contributed by atoms with Crippen molar-refractivity contribution in [2.24, 2.45) is 0 Å². The standard InChI is InChI=1S/C18H14FNO2S.C17H12FNO3S/c1-3-16-14(11-12-7-6-9-15(19)18(12)20-16)13-8-4-5-10-17(13)23(2,21)22;1-23(21,22)16-8-3-2-6-12(16)13-9-11-5-4-7-14(18)17(11)19-15(13)10-20/h3-11H,1H2,2H3;2-10H,1H3. The molecule has 0 amide bonds. The number of rotatable bonds is 6. The Labute approximate surface area is 264 Å². The molecule has 7 nitrogen and oxygen atoms in total. The smallest absolute Gasteiger partial charge is 0.176 e. The number of aromatic nitrogens is 2. The van der Waals surface area contributed by atoms with Gasteiger partial charge in [-0.2, -0.15) is 0 Å². The Morgan fingerprint density at radius 2 is 1.00 bits per heavy atom. The van der Waals surface area contributed by atoms with E-state index in [0.717, 1.165) is 12.5 Å². The number of hydrogen-bond donors (Lipinski definition) is 0. The minimum atomic E-state index is -3.49. The Morgan fingerprint density at radius 1 is 0.587 bits per heavy atom. The topological polar surface area (TPSA) is 111 Å². The second-order valence-electron chi connectivity index (χ2n) is 10.3. The van der Waals surface area contributed by atoms with E-state index in [1.54, 1.807) is 72.8 Å². The fraction of sp³-hybridized carbons (Fsp3) is 0.0571. The molecule has 0 aliphatic rings. The third-order valence-corrected chi connectivity index (χ3v) is 9.42. The number of sulfone groups is 2. The number of fused-ring (bicyclic) bond motifs is 2. The van der Waals surface area contributed by atoms with Gasteiger partial charge in [0.1, 0.15) is 28.4 Å². The van der Waals surface area contributed by atoms with Crippen molar-refractivity contribution < 1.29 is 30.4 Å². The predicted molar refractivity (Wildman–Crippen MR) is 176 cm³/mol. The van der Waals surface area contributed by atoms with Gasteiger partial charge < -0.3 is 0 Å². The summed E-state index contributed by atoms with van der Waals surface area (Å²) in [7, 11) is -6.89. The molecule has 0 atom stereocenters. The lowest BCUT2D eigenvalue weighted by molar-refractivity contribution is 0.112. The first kappa shape index (κ1) is 32.3. The molecule has 0 aliphatic carbocycles. The molecule has 232 valence electrons. The minimum Gasteiger partial charge on any atom is -0.296 e. The van der Waals surface area contributed by atoms with Crippen molar-refractivity contribution in [2.45, 2.75) is 9.79 Å². The van der Waals surface area contributed by atoms with Crippen molar-refractivity contribution in [3.8, 4) is 22.3 Å². The summed E-state index contributed by atoms with van der Waals surface area (Å²) in [5, 5.41) is 1.10. The minimum absolute atomic E-state index is 0.00120. The number of benzene rings is 4. The molecule has 0 saturated heterocycles. The van der Waals surface area contributed by atoms with Crippen LogP contribution in [0.4, 0.5) is 8.78 Å². The highest BCUT2D eigenvalue weighted by atomic mass is 32.2. The molecule has 4 aromatic carbocycles. The molecule has 0 saturated carbocycles. The molecule has 0 bridgehead atoms. The van der Waals surface area contributed by atoms with Gasteiger partial charge in [0.15, 0.2) is 26.0 Å². The first-order valence-corrected chi connectivity index (χ1v) is 17.5. The van der Waals surface area contributed by atoms with Gasteiger partial charge in [-0.15, -0.1) is 0 Å². The quantitative estimate of drug-likeness (QED) is 0.173. The molecule has 6 rings (SSSR count). The van der Waals surface area contributed by atoms with Gasteiger partial charge in [-0.1, -0.05) is 67.2 Å². The third-order valence-electron chi connectivity index (χ3n) is 7.11. The lowest BCUT2D eigenvalue weighted by Crippen LogP contribution is -2.02. The van der Waals surface area contributed by atoms with E-state index in [0.29, 0.717) is 45.0 Å². The summed E-state index contributed by atoms with van der Waals surface area (Å²) >= 11 is 0. The Hall–Kier alpha value is -5.13. The van der Waals surface area contributed by atoms with E-state index < -0.39 is 31.3 Å². The monoisotopic (exact) mass is 656 g/mol. The molecule has 6 aromatic rings. The zero-order chi connectivity index (χ0) is 33.2. The summed E-state index contributed by atoms with van der Waals surface area (Å²) in [4.78, 5) is 20.0. The number of aldehydes is 1. The van der Waals surface area contributed by atoms with E-state index in [1.165, 1.54) is 30.3 Å². The highest BCUT2D eigenvalue weighted by Crippen LogP contribution is 2.33. The van der Waals surface area contributed by atoms with Crippen LogP contribution < -0.4 is 0 Å². The molecular weight excluding hydrogens is 631 g/mol. The van der Waals surface area contributed by atoms with E-state index in [9.17, 15) is 30.4 Å². The van der Waals surface area contributed by atoms with E-state index in [1.807, 2.05) is 0 Å². The van der Waals surface area contributed by atoms with Crippen LogP contribution in [-0.4, -0.2) is 45.6 Å². The third kappa shape index (κ3) is 6.46. The van der Waals surface area contributed by atoms with Crippen molar-refractivity contribution in [3.63, 3.8) is 0 Å². The largest absolute Gasteiger partial charge is 0.296 e. The van der Waals surface area contributed by atoms with Crippen molar-refractivity contribution in [3.05, 3.63) is 127 Å². The highest BCUT2D eigenvalue weighted by molar-refractivity contribution is 7.91. The fourth-order valence-electron chi connectivity index (χ4n) is 5.05. The van der Waals surface area contributed by atoms with Crippen molar-refractivity contribution in [1.29, 1.82) is 0 Å². The summed E-state index contributed by atoms with van der Waals surface area (Å²) in [6.07, 6.45) is 4.26. The second kappa shape index (κ2) is 12.7. The number of pyridine rings is 2. The van der Waals surface area contributed by atoms with Crippen LogP contribution in [0.5, 0.6) is 0 Å². The van der Waals surface area contributed by atoms with Crippen LogP contribution in [-0.2, 0) is 19.7 Å². The van der Waals surface area contributed by atoms with Gasteiger partial charge in [0.25, 0.3) is 0 Å². The predicted octanol–water partition coefficient (Wildman–Crippen LogP) is 7.34. The Balaban J connectivity index is 0.000000181. The molecule has 2 heterocycles. The first-order valence-electron chi connectivity index (χ1n) is 13.7.